The van der Waals surface area contributed by atoms with Crippen LogP contribution in [0.5, 0.6) is 0 Å². The van der Waals surface area contributed by atoms with Crippen molar-refractivity contribution in [1.82, 2.24) is 10.3 Å². The monoisotopic (exact) mass is 464 g/mol. The second-order valence-electron chi connectivity index (χ2n) is 6.80. The number of alkyl halides is 3. The fourth-order valence-corrected chi connectivity index (χ4v) is 3.90. The van der Waals surface area contributed by atoms with E-state index in [0.29, 0.717) is 12.2 Å². The summed E-state index contributed by atoms with van der Waals surface area (Å²) in [6.45, 7) is 0.316. The molecule has 168 valence electrons. The van der Waals surface area contributed by atoms with E-state index in [0.717, 1.165) is 29.8 Å². The number of urea groups is 1. The van der Waals surface area contributed by atoms with Gasteiger partial charge in [0.25, 0.3) is 0 Å². The number of anilines is 2. The van der Waals surface area contributed by atoms with Crippen LogP contribution < -0.4 is 15.4 Å². The molecule has 3 aromatic rings. The Balaban J connectivity index is 1.53. The summed E-state index contributed by atoms with van der Waals surface area (Å²) in [5.41, 5.74) is 0.949. The third kappa shape index (κ3) is 6.98. The lowest BCUT2D eigenvalue weighted by molar-refractivity contribution is -0.137. The van der Waals surface area contributed by atoms with E-state index in [1.165, 1.54) is 24.3 Å². The second-order valence-corrected chi connectivity index (χ2v) is 8.52. The summed E-state index contributed by atoms with van der Waals surface area (Å²) in [6.07, 6.45) is -1.25. The SMILES string of the molecule is O=C(NCc1ccncc1)Nc1ccc(NS(=O)(=O)Cc2ccc(C(F)(F)F)cc2)cc1. The number of benzene rings is 2. The van der Waals surface area contributed by atoms with Crippen LogP contribution in [0.15, 0.2) is 73.1 Å². The van der Waals surface area contributed by atoms with E-state index < -0.39 is 33.5 Å². The predicted molar refractivity (Wildman–Crippen MR) is 114 cm³/mol. The highest BCUT2D eigenvalue weighted by Gasteiger charge is 2.30. The topological polar surface area (TPSA) is 100 Å². The van der Waals surface area contributed by atoms with Crippen LogP contribution in [0, 0.1) is 0 Å². The van der Waals surface area contributed by atoms with Crippen LogP contribution in [0.1, 0.15) is 16.7 Å². The van der Waals surface area contributed by atoms with Gasteiger partial charge in [-0.3, -0.25) is 9.71 Å². The van der Waals surface area contributed by atoms with Crippen molar-refractivity contribution in [2.75, 3.05) is 10.0 Å². The van der Waals surface area contributed by atoms with Gasteiger partial charge in [0.2, 0.25) is 10.0 Å². The highest BCUT2D eigenvalue weighted by molar-refractivity contribution is 7.91. The first-order chi connectivity index (χ1) is 15.1. The van der Waals surface area contributed by atoms with E-state index in [1.54, 1.807) is 24.5 Å². The van der Waals surface area contributed by atoms with E-state index in [9.17, 15) is 26.4 Å². The molecule has 0 bridgehead atoms. The van der Waals surface area contributed by atoms with Crippen LogP contribution in [-0.2, 0) is 28.5 Å². The van der Waals surface area contributed by atoms with Crippen molar-refractivity contribution in [3.63, 3.8) is 0 Å². The van der Waals surface area contributed by atoms with Crippen molar-refractivity contribution >= 4 is 27.4 Å². The van der Waals surface area contributed by atoms with E-state index in [1.807, 2.05) is 0 Å². The van der Waals surface area contributed by atoms with Gasteiger partial charge in [-0.25, -0.2) is 13.2 Å². The number of hydrogen-bond donors (Lipinski definition) is 3. The molecule has 7 nitrogen and oxygen atoms in total. The second kappa shape index (κ2) is 9.69. The molecule has 3 N–H and O–H groups in total. The molecule has 0 aliphatic heterocycles. The quantitative estimate of drug-likeness (QED) is 0.484. The minimum absolute atomic E-state index is 0.217. The maximum Gasteiger partial charge on any atom is 0.416 e. The minimum Gasteiger partial charge on any atom is -0.334 e. The number of halogens is 3. The average Bonchev–Trinajstić information content (AvgIpc) is 2.74. The van der Waals surface area contributed by atoms with Gasteiger partial charge in [0, 0.05) is 30.3 Å². The molecule has 0 radical (unpaired) electrons. The zero-order chi connectivity index (χ0) is 23.2. The summed E-state index contributed by atoms with van der Waals surface area (Å²) in [6, 6.07) is 13.0. The highest BCUT2D eigenvalue weighted by atomic mass is 32.2. The summed E-state index contributed by atoms with van der Waals surface area (Å²) in [5, 5.41) is 5.31. The van der Waals surface area contributed by atoms with Gasteiger partial charge in [0.1, 0.15) is 0 Å². The van der Waals surface area contributed by atoms with Crippen LogP contribution in [0.3, 0.4) is 0 Å². The summed E-state index contributed by atoms with van der Waals surface area (Å²) in [4.78, 5) is 15.9. The van der Waals surface area contributed by atoms with Crippen molar-refractivity contribution in [2.45, 2.75) is 18.5 Å². The van der Waals surface area contributed by atoms with Gasteiger partial charge in [-0.15, -0.1) is 0 Å². The lowest BCUT2D eigenvalue weighted by Gasteiger charge is -2.11. The minimum atomic E-state index is -4.48. The van der Waals surface area contributed by atoms with Gasteiger partial charge in [-0.2, -0.15) is 13.2 Å². The van der Waals surface area contributed by atoms with Crippen LogP contribution in [0.2, 0.25) is 0 Å². The Labute approximate surface area is 182 Å². The number of nitrogens with zero attached hydrogens (tertiary/aromatic N) is 1. The smallest absolute Gasteiger partial charge is 0.334 e. The lowest BCUT2D eigenvalue weighted by atomic mass is 10.1. The Kier molecular flexibility index (Phi) is 6.98. The Hall–Kier alpha value is -3.60. The first-order valence-corrected chi connectivity index (χ1v) is 11.0. The average molecular weight is 464 g/mol. The molecule has 0 spiro atoms. The van der Waals surface area contributed by atoms with Crippen molar-refractivity contribution in [3.8, 4) is 0 Å². The molecule has 1 heterocycles. The molecule has 0 aliphatic carbocycles. The van der Waals surface area contributed by atoms with Gasteiger partial charge in [-0.1, -0.05) is 12.1 Å². The molecule has 0 unspecified atom stereocenters. The van der Waals surface area contributed by atoms with Crippen molar-refractivity contribution < 1.29 is 26.4 Å². The van der Waals surface area contributed by atoms with E-state index in [-0.39, 0.29) is 11.3 Å². The molecular weight excluding hydrogens is 445 g/mol. The summed E-state index contributed by atoms with van der Waals surface area (Å²) in [7, 11) is -3.85. The number of nitrogens with one attached hydrogen (secondary N) is 3. The van der Waals surface area contributed by atoms with Crippen LogP contribution >= 0.6 is 0 Å². The predicted octanol–water partition coefficient (Wildman–Crippen LogP) is 4.36. The first-order valence-electron chi connectivity index (χ1n) is 9.31. The third-order valence-electron chi connectivity index (χ3n) is 4.26. The normalized spacial score (nSPS) is 11.6. The van der Waals surface area contributed by atoms with Gasteiger partial charge >= 0.3 is 12.2 Å². The molecule has 0 saturated heterocycles. The summed E-state index contributed by atoms with van der Waals surface area (Å²) < 4.78 is 64.8. The Bertz CT molecular complexity index is 1150. The van der Waals surface area contributed by atoms with Crippen molar-refractivity contribution in [2.24, 2.45) is 0 Å². The van der Waals surface area contributed by atoms with Crippen LogP contribution in [-0.4, -0.2) is 19.4 Å². The largest absolute Gasteiger partial charge is 0.416 e. The Morgan fingerprint density at radius 3 is 2.03 bits per heavy atom. The van der Waals surface area contributed by atoms with Crippen molar-refractivity contribution in [3.05, 3.63) is 89.7 Å². The van der Waals surface area contributed by atoms with Gasteiger partial charge in [0.05, 0.1) is 11.3 Å². The fourth-order valence-electron chi connectivity index (χ4n) is 2.70. The number of aromatic nitrogens is 1. The number of sulfonamides is 1. The van der Waals surface area contributed by atoms with Gasteiger partial charge < -0.3 is 10.6 Å². The molecule has 11 heteroatoms. The third-order valence-corrected chi connectivity index (χ3v) is 5.52. The fraction of sp³-hybridized carbons (Fsp3) is 0.143. The zero-order valence-electron chi connectivity index (χ0n) is 16.6. The standard InChI is InChI=1S/C21H19F3N4O3S/c22-21(23,24)17-3-1-16(2-4-17)14-32(30,31)28-19-7-5-18(6-8-19)27-20(29)26-13-15-9-11-25-12-10-15/h1-12,28H,13-14H2,(H2,26,27,29). The van der Waals surface area contributed by atoms with Crippen LogP contribution in [0.4, 0.5) is 29.3 Å². The summed E-state index contributed by atoms with van der Waals surface area (Å²) >= 11 is 0. The van der Waals surface area contributed by atoms with E-state index in [4.69, 9.17) is 0 Å². The number of hydrogen-bond acceptors (Lipinski definition) is 4. The Morgan fingerprint density at radius 2 is 1.44 bits per heavy atom. The first kappa shape index (κ1) is 23.1. The number of rotatable bonds is 7. The molecule has 2 aromatic carbocycles. The van der Waals surface area contributed by atoms with Gasteiger partial charge in [-0.05, 0) is 59.7 Å². The van der Waals surface area contributed by atoms with E-state index >= 15 is 0 Å². The summed E-state index contributed by atoms with van der Waals surface area (Å²) in [5.74, 6) is -0.484. The Morgan fingerprint density at radius 1 is 0.844 bits per heavy atom. The molecule has 32 heavy (non-hydrogen) atoms. The molecule has 0 saturated carbocycles. The molecule has 0 fully saturated rings. The van der Waals surface area contributed by atoms with Gasteiger partial charge in [0.15, 0.2) is 0 Å². The maximum atomic E-state index is 12.6. The zero-order valence-corrected chi connectivity index (χ0v) is 17.4. The van der Waals surface area contributed by atoms with Crippen molar-refractivity contribution in [1.29, 1.82) is 0 Å². The number of carbonyl (C=O) groups is 1. The molecule has 0 aliphatic rings. The molecular formula is C21H19F3N4O3S. The molecule has 1 aromatic heterocycles. The maximum absolute atomic E-state index is 12.6. The number of amides is 2. The number of pyridine rings is 1. The lowest BCUT2D eigenvalue weighted by Crippen LogP contribution is -2.28. The van der Waals surface area contributed by atoms with Crippen LogP contribution in [0.25, 0.3) is 0 Å². The highest BCUT2D eigenvalue weighted by Crippen LogP contribution is 2.29. The number of carbonyl (C=O) groups excluding carboxylic acids is 1. The van der Waals surface area contributed by atoms with E-state index in [2.05, 4.69) is 20.3 Å². The molecule has 3 rings (SSSR count). The molecule has 0 atom stereocenters. The molecule has 2 amide bonds.